The molecule has 0 aliphatic rings. The number of ether oxygens (including phenoxy) is 4. The number of carbonyl (C=O) groups excluding carboxylic acids is 4. The van der Waals surface area contributed by atoms with E-state index in [9.17, 15) is 43.2 Å². The molecule has 17 nitrogen and oxygen atoms in total. The van der Waals surface area contributed by atoms with Gasteiger partial charge in [-0.2, -0.15) is 0 Å². The summed E-state index contributed by atoms with van der Waals surface area (Å²) in [5, 5.41) is 10.6. The first-order chi connectivity index (χ1) is 44.7. The van der Waals surface area contributed by atoms with Crippen molar-refractivity contribution in [3.8, 4) is 0 Å². The molecule has 0 rings (SSSR count). The molecule has 0 amide bonds. The highest BCUT2D eigenvalue weighted by molar-refractivity contribution is 7.47. The van der Waals surface area contributed by atoms with E-state index in [4.69, 9.17) is 37.0 Å². The van der Waals surface area contributed by atoms with Gasteiger partial charge in [0.05, 0.1) is 26.4 Å². The topological polar surface area (TPSA) is 237 Å². The monoisotopic (exact) mass is 1370 g/mol. The van der Waals surface area contributed by atoms with Gasteiger partial charge in [-0.25, -0.2) is 9.13 Å². The second kappa shape index (κ2) is 63.5. The Morgan fingerprint density at radius 2 is 0.516 bits per heavy atom. The molecule has 552 valence electrons. The highest BCUT2D eigenvalue weighted by Gasteiger charge is 2.30. The fourth-order valence-corrected chi connectivity index (χ4v) is 12.7. The standard InChI is InChI=1S/C74H144O17P2/c1-9-65(6)51-43-35-26-20-16-14-12-13-15-17-22-30-40-48-56-73(78)91-70(61-85-72(77)55-47-39-33-32-34-42-50-64(4)5)63-89-93(82,83)87-59-68(75)58-86-92(80,81)88-62-69(60-84-71(76)54-46-38-29-25-24-28-37-45-53-67(8)11-3)90-74(79)57-49-41-31-23-19-18-21-27-36-44-52-66(7)10-2/h64-70,75H,9-63H2,1-8H3,(H,80,81)(H,82,83)/t65?,66?,67?,68-,69-,70-/m1/s1. The van der Waals surface area contributed by atoms with E-state index in [2.05, 4.69) is 55.4 Å². The number of hydrogen-bond donors (Lipinski definition) is 3. The Hall–Kier alpha value is -1.94. The number of unbranched alkanes of at least 4 members (excludes halogenated alkanes) is 34. The molecule has 0 fully saturated rings. The van der Waals surface area contributed by atoms with E-state index in [1.54, 1.807) is 0 Å². The van der Waals surface area contributed by atoms with E-state index in [0.29, 0.717) is 31.6 Å². The third-order valence-electron chi connectivity index (χ3n) is 18.2. The third kappa shape index (κ3) is 64.5. The number of esters is 4. The lowest BCUT2D eigenvalue weighted by molar-refractivity contribution is -0.161. The maximum absolute atomic E-state index is 13.0. The fraction of sp³-hybridized carbons (Fsp3) is 0.946. The molecule has 19 heteroatoms. The lowest BCUT2D eigenvalue weighted by Crippen LogP contribution is -2.30. The minimum atomic E-state index is -4.96. The zero-order valence-electron chi connectivity index (χ0n) is 60.9. The molecule has 0 heterocycles. The first-order valence-electron chi connectivity index (χ1n) is 38.3. The lowest BCUT2D eigenvalue weighted by Gasteiger charge is -2.21. The molecule has 3 N–H and O–H groups in total. The molecule has 0 aliphatic carbocycles. The normalized spacial score (nSPS) is 15.1. The summed E-state index contributed by atoms with van der Waals surface area (Å²) in [6.07, 6.45) is 47.1. The van der Waals surface area contributed by atoms with Gasteiger partial charge in [-0.05, 0) is 49.4 Å². The van der Waals surface area contributed by atoms with Gasteiger partial charge in [0.1, 0.15) is 19.3 Å². The van der Waals surface area contributed by atoms with Crippen molar-refractivity contribution in [2.24, 2.45) is 23.7 Å². The Balaban J connectivity index is 5.23. The SMILES string of the molecule is CCC(C)CCCCCCCCCCCCCCCCC(=O)O[C@H](COC(=O)CCCCCCCCC(C)C)COP(=O)(O)OC[C@H](O)COP(=O)(O)OC[C@@H](COC(=O)CCCCCCCCCCC(C)CC)OC(=O)CCCCCCCCCCCCC(C)CC. The number of hydrogen-bond acceptors (Lipinski definition) is 15. The average molecular weight is 1370 g/mol. The summed E-state index contributed by atoms with van der Waals surface area (Å²) in [5.74, 6) is 0.980. The quantitative estimate of drug-likeness (QED) is 0.0222. The van der Waals surface area contributed by atoms with E-state index >= 15 is 0 Å². The molecular formula is C74H144O17P2. The number of phosphoric ester groups is 2. The zero-order chi connectivity index (χ0) is 68.9. The van der Waals surface area contributed by atoms with Crippen LogP contribution in [0.25, 0.3) is 0 Å². The summed E-state index contributed by atoms with van der Waals surface area (Å²) in [5.41, 5.74) is 0. The average Bonchev–Trinajstić information content (AvgIpc) is 3.32. The lowest BCUT2D eigenvalue weighted by atomic mass is 9.99. The van der Waals surface area contributed by atoms with E-state index in [0.717, 1.165) is 114 Å². The van der Waals surface area contributed by atoms with Gasteiger partial charge >= 0.3 is 39.5 Å². The Bertz CT molecular complexity index is 1840. The summed E-state index contributed by atoms with van der Waals surface area (Å²) < 4.78 is 68.4. The first kappa shape index (κ1) is 91.1. The van der Waals surface area contributed by atoms with Crippen molar-refractivity contribution < 1.29 is 80.2 Å². The Kier molecular flexibility index (Phi) is 62.2. The maximum atomic E-state index is 13.0. The predicted octanol–water partition coefficient (Wildman–Crippen LogP) is 21.3. The molecule has 8 atom stereocenters. The zero-order valence-corrected chi connectivity index (χ0v) is 62.7. The van der Waals surface area contributed by atoms with Crippen molar-refractivity contribution in [3.63, 3.8) is 0 Å². The van der Waals surface area contributed by atoms with Gasteiger partial charge < -0.3 is 33.8 Å². The molecule has 93 heavy (non-hydrogen) atoms. The molecule has 0 aliphatic heterocycles. The van der Waals surface area contributed by atoms with Crippen LogP contribution >= 0.6 is 15.6 Å². The van der Waals surface area contributed by atoms with Gasteiger partial charge in [0.2, 0.25) is 0 Å². The number of aliphatic hydroxyl groups excluding tert-OH is 1. The van der Waals surface area contributed by atoms with Crippen LogP contribution in [0.5, 0.6) is 0 Å². The van der Waals surface area contributed by atoms with E-state index in [-0.39, 0.29) is 25.7 Å². The summed E-state index contributed by atoms with van der Waals surface area (Å²) in [6.45, 7) is 14.2. The summed E-state index contributed by atoms with van der Waals surface area (Å²) in [7, 11) is -9.91. The molecule has 0 spiro atoms. The minimum Gasteiger partial charge on any atom is -0.462 e. The molecule has 0 saturated carbocycles. The van der Waals surface area contributed by atoms with Crippen molar-refractivity contribution in [2.75, 3.05) is 39.6 Å². The molecule has 0 aromatic carbocycles. The van der Waals surface area contributed by atoms with Crippen LogP contribution in [0, 0.1) is 23.7 Å². The van der Waals surface area contributed by atoms with Crippen LogP contribution in [0.1, 0.15) is 370 Å². The third-order valence-corrected chi connectivity index (χ3v) is 20.1. The van der Waals surface area contributed by atoms with Gasteiger partial charge in [0.15, 0.2) is 12.2 Å². The number of rotatable bonds is 71. The summed E-state index contributed by atoms with van der Waals surface area (Å²) in [4.78, 5) is 72.7. The van der Waals surface area contributed by atoms with Crippen molar-refractivity contribution >= 4 is 39.5 Å². The second-order valence-electron chi connectivity index (χ2n) is 27.9. The van der Waals surface area contributed by atoms with Gasteiger partial charge in [-0.15, -0.1) is 0 Å². The van der Waals surface area contributed by atoms with Gasteiger partial charge in [0, 0.05) is 25.7 Å². The summed E-state index contributed by atoms with van der Waals surface area (Å²) in [6, 6.07) is 0. The highest BCUT2D eigenvalue weighted by Crippen LogP contribution is 2.45. The van der Waals surface area contributed by atoms with Gasteiger partial charge in [-0.3, -0.25) is 37.3 Å². The number of phosphoric acid groups is 2. The van der Waals surface area contributed by atoms with Gasteiger partial charge in [-0.1, -0.05) is 319 Å². The van der Waals surface area contributed by atoms with Crippen molar-refractivity contribution in [2.45, 2.75) is 388 Å². The Morgan fingerprint density at radius 3 is 0.763 bits per heavy atom. The molecular weight excluding hydrogens is 1220 g/mol. The van der Waals surface area contributed by atoms with Crippen LogP contribution in [-0.4, -0.2) is 96.7 Å². The van der Waals surface area contributed by atoms with E-state index < -0.39 is 97.5 Å². The molecule has 0 aromatic heterocycles. The minimum absolute atomic E-state index is 0.105. The molecule has 0 saturated heterocycles. The maximum Gasteiger partial charge on any atom is 0.472 e. The molecule has 5 unspecified atom stereocenters. The number of aliphatic hydroxyl groups is 1. The van der Waals surface area contributed by atoms with Crippen LogP contribution in [0.2, 0.25) is 0 Å². The predicted molar refractivity (Wildman–Crippen MR) is 377 cm³/mol. The van der Waals surface area contributed by atoms with Crippen molar-refractivity contribution in [3.05, 3.63) is 0 Å². The first-order valence-corrected chi connectivity index (χ1v) is 41.3. The largest absolute Gasteiger partial charge is 0.472 e. The molecule has 0 radical (unpaired) electrons. The summed E-state index contributed by atoms with van der Waals surface area (Å²) >= 11 is 0. The van der Waals surface area contributed by atoms with Crippen molar-refractivity contribution in [1.29, 1.82) is 0 Å². The molecule has 0 aromatic rings. The van der Waals surface area contributed by atoms with Crippen LogP contribution in [0.15, 0.2) is 0 Å². The second-order valence-corrected chi connectivity index (χ2v) is 30.8. The van der Waals surface area contributed by atoms with Gasteiger partial charge in [0.25, 0.3) is 0 Å². The molecule has 0 bridgehead atoms. The van der Waals surface area contributed by atoms with Crippen LogP contribution in [-0.2, 0) is 65.4 Å². The smallest absolute Gasteiger partial charge is 0.462 e. The van der Waals surface area contributed by atoms with Crippen LogP contribution in [0.3, 0.4) is 0 Å². The van der Waals surface area contributed by atoms with Crippen LogP contribution < -0.4 is 0 Å². The van der Waals surface area contributed by atoms with Crippen molar-refractivity contribution in [1.82, 2.24) is 0 Å². The Morgan fingerprint density at radius 1 is 0.301 bits per heavy atom. The van der Waals surface area contributed by atoms with E-state index in [1.807, 2.05) is 0 Å². The number of carbonyl (C=O) groups is 4. The van der Waals surface area contributed by atoms with E-state index in [1.165, 1.54) is 167 Å². The highest BCUT2D eigenvalue weighted by atomic mass is 31.2. The van der Waals surface area contributed by atoms with Crippen LogP contribution in [0.4, 0.5) is 0 Å². The Labute approximate surface area is 568 Å². The fourth-order valence-electron chi connectivity index (χ4n) is 11.1.